The van der Waals surface area contributed by atoms with Gasteiger partial charge in [0, 0.05) is 22.6 Å². The van der Waals surface area contributed by atoms with E-state index in [-0.39, 0.29) is 11.6 Å². The average Bonchev–Trinajstić information content (AvgIpc) is 2.62. The summed E-state index contributed by atoms with van der Waals surface area (Å²) >= 11 is 1.65. The fourth-order valence-corrected chi connectivity index (χ4v) is 2.51. The zero-order chi connectivity index (χ0) is 16.3. The molecule has 0 spiro atoms. The first kappa shape index (κ1) is 17.0. The lowest BCUT2D eigenvalue weighted by Crippen LogP contribution is -1.94. The van der Waals surface area contributed by atoms with Gasteiger partial charge in [-0.15, -0.1) is 0 Å². The van der Waals surface area contributed by atoms with Crippen LogP contribution in [0.4, 0.5) is 0 Å². The maximum Gasteiger partial charge on any atom is 0.185 e. The second-order valence-corrected chi connectivity index (χ2v) is 5.88. The van der Waals surface area contributed by atoms with Crippen LogP contribution in [0.3, 0.4) is 0 Å². The van der Waals surface area contributed by atoms with Crippen molar-refractivity contribution in [2.24, 2.45) is 0 Å². The molecule has 0 aliphatic carbocycles. The third-order valence-corrected chi connectivity index (χ3v) is 3.94. The van der Waals surface area contributed by atoms with Crippen molar-refractivity contribution in [3.63, 3.8) is 0 Å². The van der Waals surface area contributed by atoms with Gasteiger partial charge >= 0.3 is 0 Å². The van der Waals surface area contributed by atoms with E-state index in [4.69, 9.17) is 0 Å². The molecule has 2 aromatic rings. The fourth-order valence-electron chi connectivity index (χ4n) is 1.91. The molecule has 2 aromatic carbocycles. The van der Waals surface area contributed by atoms with E-state index in [1.165, 1.54) is 0 Å². The van der Waals surface area contributed by atoms with Crippen LogP contribution in [0.25, 0.3) is 0 Å². The highest BCUT2D eigenvalue weighted by Crippen LogP contribution is 2.05. The summed E-state index contributed by atoms with van der Waals surface area (Å²) < 4.78 is 0. The van der Waals surface area contributed by atoms with Crippen LogP contribution in [-0.4, -0.2) is 23.1 Å². The summed E-state index contributed by atoms with van der Waals surface area (Å²) in [6.07, 6.45) is 6.90. The summed E-state index contributed by atoms with van der Waals surface area (Å²) in [5.41, 5.74) is 1.39. The molecule has 23 heavy (non-hydrogen) atoms. The minimum atomic E-state index is 0.0148. The van der Waals surface area contributed by atoms with Gasteiger partial charge in [0.05, 0.1) is 0 Å². The highest BCUT2D eigenvalue weighted by Gasteiger charge is 1.99. The van der Waals surface area contributed by atoms with Crippen LogP contribution < -0.4 is 0 Å². The Labute approximate surface area is 140 Å². The number of hydrogen-bond acceptors (Lipinski definition) is 3. The molecule has 2 rings (SSSR count). The Bertz CT molecular complexity index is 627. The molecular weight excluding hydrogens is 304 g/mol. The topological polar surface area (TPSA) is 34.1 Å². The molecule has 2 nitrogen and oxygen atoms in total. The van der Waals surface area contributed by atoms with Gasteiger partial charge in [0.25, 0.3) is 0 Å². The van der Waals surface area contributed by atoms with E-state index >= 15 is 0 Å². The van der Waals surface area contributed by atoms with E-state index < -0.39 is 0 Å². The second-order valence-electron chi connectivity index (χ2n) is 4.80. The van der Waals surface area contributed by atoms with Crippen molar-refractivity contribution in [3.05, 3.63) is 96.1 Å². The van der Waals surface area contributed by atoms with Crippen molar-refractivity contribution in [2.45, 2.75) is 0 Å². The van der Waals surface area contributed by atoms with Crippen LogP contribution in [0, 0.1) is 0 Å². The number of benzene rings is 2. The van der Waals surface area contributed by atoms with Crippen LogP contribution in [0.15, 0.2) is 85.0 Å². The second kappa shape index (κ2) is 9.59. The zero-order valence-corrected chi connectivity index (χ0v) is 13.5. The van der Waals surface area contributed by atoms with Gasteiger partial charge in [-0.2, -0.15) is 11.8 Å². The molecule has 0 amide bonds. The normalized spacial score (nSPS) is 11.1. The predicted octanol–water partition coefficient (Wildman–Crippen LogP) is 4.60. The molecule has 0 unspecified atom stereocenters. The van der Waals surface area contributed by atoms with Crippen LogP contribution in [0.5, 0.6) is 0 Å². The molecule has 0 saturated heterocycles. The molecule has 0 N–H and O–H groups in total. The molecule has 0 aliphatic heterocycles. The SMILES string of the molecule is O=C(/C=C/CSC/C=C/C(=O)c1ccccc1)c1ccccc1. The van der Waals surface area contributed by atoms with E-state index in [2.05, 4.69) is 0 Å². The Hall–Kier alpha value is -2.39. The van der Waals surface area contributed by atoms with Gasteiger partial charge in [-0.3, -0.25) is 9.59 Å². The van der Waals surface area contributed by atoms with E-state index in [0.29, 0.717) is 11.1 Å². The Balaban J connectivity index is 1.68. The molecule has 0 saturated carbocycles. The first-order chi connectivity index (χ1) is 11.3. The van der Waals surface area contributed by atoms with Gasteiger partial charge in [-0.1, -0.05) is 72.8 Å². The minimum Gasteiger partial charge on any atom is -0.289 e. The molecule has 116 valence electrons. The average molecular weight is 322 g/mol. The lowest BCUT2D eigenvalue weighted by molar-refractivity contribution is 0.103. The molecule has 0 aromatic heterocycles. The van der Waals surface area contributed by atoms with Crippen LogP contribution >= 0.6 is 11.8 Å². The molecule has 0 aliphatic rings. The predicted molar refractivity (Wildman–Crippen MR) is 97.2 cm³/mol. The number of thioether (sulfide) groups is 1. The standard InChI is InChI=1S/C20H18O2S/c21-19(17-9-3-1-4-10-17)13-7-15-23-16-8-14-20(22)18-11-5-2-6-12-18/h1-14H,15-16H2/b13-7+,14-8+. The highest BCUT2D eigenvalue weighted by molar-refractivity contribution is 7.99. The molecule has 3 heteroatoms. The highest BCUT2D eigenvalue weighted by atomic mass is 32.2. The summed E-state index contributed by atoms with van der Waals surface area (Å²) in [5.74, 6) is 1.51. The maximum atomic E-state index is 11.8. The summed E-state index contributed by atoms with van der Waals surface area (Å²) in [6, 6.07) is 18.4. The van der Waals surface area contributed by atoms with E-state index in [1.54, 1.807) is 48.2 Å². The lowest BCUT2D eigenvalue weighted by Gasteiger charge is -1.95. The molecule has 0 atom stereocenters. The summed E-state index contributed by atoms with van der Waals surface area (Å²) in [6.45, 7) is 0. The van der Waals surface area contributed by atoms with E-state index in [0.717, 1.165) is 11.5 Å². The summed E-state index contributed by atoms with van der Waals surface area (Å²) in [7, 11) is 0. The number of carbonyl (C=O) groups excluding carboxylic acids is 2. The van der Waals surface area contributed by atoms with Crippen molar-refractivity contribution in [1.29, 1.82) is 0 Å². The quantitative estimate of drug-likeness (QED) is 0.405. The van der Waals surface area contributed by atoms with Crippen molar-refractivity contribution in [1.82, 2.24) is 0 Å². The van der Waals surface area contributed by atoms with Crippen LogP contribution in [0.2, 0.25) is 0 Å². The Morgan fingerprint density at radius 2 is 1.09 bits per heavy atom. The van der Waals surface area contributed by atoms with Crippen molar-refractivity contribution in [2.75, 3.05) is 11.5 Å². The number of rotatable bonds is 8. The monoisotopic (exact) mass is 322 g/mol. The van der Waals surface area contributed by atoms with Crippen LogP contribution in [-0.2, 0) is 0 Å². The first-order valence-electron chi connectivity index (χ1n) is 7.37. The largest absolute Gasteiger partial charge is 0.289 e. The zero-order valence-electron chi connectivity index (χ0n) is 12.7. The molecule has 0 radical (unpaired) electrons. The molecule has 0 heterocycles. The van der Waals surface area contributed by atoms with Gasteiger partial charge in [0.1, 0.15) is 0 Å². The minimum absolute atomic E-state index is 0.0148. The van der Waals surface area contributed by atoms with Crippen molar-refractivity contribution >= 4 is 23.3 Å². The third kappa shape index (κ3) is 6.09. The molecule has 0 fully saturated rings. The van der Waals surface area contributed by atoms with Gasteiger partial charge in [0.15, 0.2) is 11.6 Å². The van der Waals surface area contributed by atoms with Crippen LogP contribution in [0.1, 0.15) is 20.7 Å². The van der Waals surface area contributed by atoms with Crippen molar-refractivity contribution in [3.8, 4) is 0 Å². The number of allylic oxidation sites excluding steroid dienone is 2. The van der Waals surface area contributed by atoms with Gasteiger partial charge in [-0.05, 0) is 12.2 Å². The smallest absolute Gasteiger partial charge is 0.185 e. The van der Waals surface area contributed by atoms with Crippen molar-refractivity contribution < 1.29 is 9.59 Å². The Morgan fingerprint density at radius 3 is 1.48 bits per heavy atom. The van der Waals surface area contributed by atoms with Gasteiger partial charge < -0.3 is 0 Å². The summed E-state index contributed by atoms with van der Waals surface area (Å²) in [5, 5.41) is 0. The number of carbonyl (C=O) groups is 2. The lowest BCUT2D eigenvalue weighted by atomic mass is 10.1. The van der Waals surface area contributed by atoms with Gasteiger partial charge in [-0.25, -0.2) is 0 Å². The first-order valence-corrected chi connectivity index (χ1v) is 8.52. The third-order valence-electron chi connectivity index (χ3n) is 3.08. The van der Waals surface area contributed by atoms with Gasteiger partial charge in [0.2, 0.25) is 0 Å². The molecule has 0 bridgehead atoms. The maximum absolute atomic E-state index is 11.8. The molecular formula is C20H18O2S. The Morgan fingerprint density at radius 1 is 0.696 bits per heavy atom. The number of hydrogen-bond donors (Lipinski definition) is 0. The van der Waals surface area contributed by atoms with E-state index in [1.807, 2.05) is 48.6 Å². The number of ketones is 2. The fraction of sp³-hybridized carbons (Fsp3) is 0.100. The Kier molecular flexibility index (Phi) is 7.08. The van der Waals surface area contributed by atoms with E-state index in [9.17, 15) is 9.59 Å². The summed E-state index contributed by atoms with van der Waals surface area (Å²) in [4.78, 5) is 23.7.